The van der Waals surface area contributed by atoms with Crippen LogP contribution in [0, 0.1) is 0 Å². The van der Waals surface area contributed by atoms with E-state index >= 15 is 0 Å². The first-order valence-electron chi connectivity index (χ1n) is 13.2. The maximum Gasteiger partial charge on any atom is 0.242 e. The van der Waals surface area contributed by atoms with Crippen LogP contribution in [0.25, 0.3) is 0 Å². The van der Waals surface area contributed by atoms with Gasteiger partial charge >= 0.3 is 0 Å². The molecule has 0 unspecified atom stereocenters. The number of morpholine rings is 1. The van der Waals surface area contributed by atoms with Gasteiger partial charge in [0.15, 0.2) is 0 Å². The van der Waals surface area contributed by atoms with Crippen molar-refractivity contribution in [3.05, 3.63) is 48.0 Å². The average molecular weight is 552 g/mol. The molecule has 2 aromatic carbocycles. The molecule has 0 radical (unpaired) electrons. The molecule has 11 nitrogen and oxygen atoms in total. The number of para-hydroxylation sites is 1. The number of hydrogen-bond acceptors (Lipinski definition) is 10. The molecule has 1 saturated carbocycles. The molecule has 1 aromatic heterocycles. The number of nitrogens with one attached hydrogen (secondary N) is 4. The molecule has 0 spiro atoms. The minimum absolute atomic E-state index is 0.0102. The van der Waals surface area contributed by atoms with Gasteiger partial charge in [0.2, 0.25) is 16.0 Å². The molecule has 4 N–H and O–H groups in total. The topological polar surface area (TPSA) is 130 Å². The van der Waals surface area contributed by atoms with E-state index in [0.717, 1.165) is 42.9 Å². The van der Waals surface area contributed by atoms with Crippen LogP contribution in [-0.4, -0.2) is 64.4 Å². The second-order valence-electron chi connectivity index (χ2n) is 10.1. The zero-order valence-corrected chi connectivity index (χ0v) is 22.8. The van der Waals surface area contributed by atoms with Gasteiger partial charge in [-0.05, 0) is 37.1 Å². The Labute approximate surface area is 228 Å². The summed E-state index contributed by atoms with van der Waals surface area (Å²) in [6.07, 6.45) is 1.73. The molecule has 3 aromatic rings. The summed E-state index contributed by atoms with van der Waals surface area (Å²) in [6, 6.07) is 12.9. The molecular weight excluding hydrogens is 518 g/mol. The van der Waals surface area contributed by atoms with Crippen molar-refractivity contribution in [3.8, 4) is 5.75 Å². The number of nitrogens with zero attached hydrogens (tertiary/aromatic N) is 3. The fraction of sp³-hybridized carbons (Fsp3) is 0.407. The summed E-state index contributed by atoms with van der Waals surface area (Å²) in [5.41, 5.74) is 3.16. The highest BCUT2D eigenvalue weighted by atomic mass is 32.2. The van der Waals surface area contributed by atoms with Gasteiger partial charge in [0.1, 0.15) is 22.3 Å². The van der Waals surface area contributed by atoms with Crippen LogP contribution in [0.3, 0.4) is 0 Å². The number of aromatic nitrogens is 2. The minimum atomic E-state index is -3.67. The van der Waals surface area contributed by atoms with E-state index in [-0.39, 0.29) is 16.9 Å². The molecule has 1 saturated heterocycles. The smallest absolute Gasteiger partial charge is 0.242 e. The van der Waals surface area contributed by atoms with Crippen LogP contribution < -0.4 is 30.3 Å². The molecule has 2 aliphatic heterocycles. The molecule has 3 aliphatic rings. The normalized spacial score (nSPS) is 18.8. The first kappa shape index (κ1) is 25.7. The molecule has 206 valence electrons. The molecule has 3 heterocycles. The van der Waals surface area contributed by atoms with Crippen LogP contribution in [0.2, 0.25) is 0 Å². The Balaban J connectivity index is 1.32. The van der Waals surface area contributed by atoms with Crippen molar-refractivity contribution in [2.75, 3.05) is 60.8 Å². The standard InChI is InChI=1S/C27H33N7O4S/c1-17-16-28-25-24(17)26(29-21-5-3-4-6-23(21)39(35,36)33-18-7-8-18)32-27(31-25)30-20-10-9-19(15-22(20)37-2)34-11-13-38-14-12-34/h3-6,9-10,15,17-18,33H,7-8,11-14,16H2,1-2H3,(H3,28,29,30,31,32)/t17-/m1/s1. The molecule has 12 heteroatoms. The van der Waals surface area contributed by atoms with Gasteiger partial charge in [0, 0.05) is 48.9 Å². The van der Waals surface area contributed by atoms with Gasteiger partial charge in [-0.15, -0.1) is 0 Å². The zero-order chi connectivity index (χ0) is 27.0. The summed E-state index contributed by atoms with van der Waals surface area (Å²) in [7, 11) is -2.04. The Morgan fingerprint density at radius 2 is 1.85 bits per heavy atom. The molecule has 1 atom stereocenters. The van der Waals surface area contributed by atoms with Crippen molar-refractivity contribution in [1.29, 1.82) is 0 Å². The SMILES string of the molecule is COc1cc(N2CCOCC2)ccc1Nc1nc2c(c(Nc3ccccc3S(=O)(=O)NC3CC3)n1)[C@H](C)CN2. The van der Waals surface area contributed by atoms with Gasteiger partial charge in [-0.2, -0.15) is 9.97 Å². The van der Waals surface area contributed by atoms with Gasteiger partial charge in [-0.3, -0.25) is 0 Å². The Kier molecular flexibility index (Phi) is 6.92. The summed E-state index contributed by atoms with van der Waals surface area (Å²) in [6.45, 7) is 5.86. The third kappa shape index (κ3) is 5.45. The molecule has 6 rings (SSSR count). The first-order chi connectivity index (χ1) is 18.9. The van der Waals surface area contributed by atoms with Gasteiger partial charge in [-0.25, -0.2) is 13.1 Å². The van der Waals surface area contributed by atoms with E-state index in [1.54, 1.807) is 25.3 Å². The molecule has 0 amide bonds. The minimum Gasteiger partial charge on any atom is -0.494 e. The maximum atomic E-state index is 13.1. The van der Waals surface area contributed by atoms with Crippen LogP contribution >= 0.6 is 0 Å². The monoisotopic (exact) mass is 551 g/mol. The van der Waals surface area contributed by atoms with Crippen LogP contribution in [0.5, 0.6) is 5.75 Å². The molecule has 39 heavy (non-hydrogen) atoms. The third-order valence-corrected chi connectivity index (χ3v) is 8.73. The lowest BCUT2D eigenvalue weighted by Gasteiger charge is -2.29. The van der Waals surface area contributed by atoms with Crippen LogP contribution in [0.15, 0.2) is 47.4 Å². The first-order valence-corrected chi connectivity index (χ1v) is 14.7. The van der Waals surface area contributed by atoms with Crippen molar-refractivity contribution in [3.63, 3.8) is 0 Å². The number of hydrogen-bond donors (Lipinski definition) is 4. The number of ether oxygens (including phenoxy) is 2. The maximum absolute atomic E-state index is 13.1. The van der Waals surface area contributed by atoms with Crippen molar-refractivity contribution in [1.82, 2.24) is 14.7 Å². The van der Waals surface area contributed by atoms with Crippen molar-refractivity contribution < 1.29 is 17.9 Å². The van der Waals surface area contributed by atoms with Gasteiger partial charge in [-0.1, -0.05) is 19.1 Å². The number of rotatable bonds is 9. The molecule has 1 aliphatic carbocycles. The molecular formula is C27H33N7O4S. The van der Waals surface area contributed by atoms with E-state index in [4.69, 9.17) is 19.4 Å². The second kappa shape index (κ2) is 10.5. The van der Waals surface area contributed by atoms with Gasteiger partial charge in [0.05, 0.1) is 31.7 Å². The lowest BCUT2D eigenvalue weighted by Crippen LogP contribution is -2.36. The van der Waals surface area contributed by atoms with E-state index in [0.29, 0.717) is 48.8 Å². The fourth-order valence-corrected chi connectivity index (χ4v) is 6.38. The predicted molar refractivity (Wildman–Crippen MR) is 151 cm³/mol. The molecule has 2 fully saturated rings. The van der Waals surface area contributed by atoms with Crippen molar-refractivity contribution >= 4 is 44.7 Å². The van der Waals surface area contributed by atoms with Crippen molar-refractivity contribution in [2.45, 2.75) is 36.6 Å². The van der Waals surface area contributed by atoms with E-state index in [2.05, 4.69) is 32.5 Å². The van der Waals surface area contributed by atoms with E-state index in [9.17, 15) is 8.42 Å². The highest BCUT2D eigenvalue weighted by Crippen LogP contribution is 2.39. The predicted octanol–water partition coefficient (Wildman–Crippen LogP) is 3.78. The van der Waals surface area contributed by atoms with Gasteiger partial charge < -0.3 is 30.3 Å². The third-order valence-electron chi connectivity index (χ3n) is 7.15. The summed E-state index contributed by atoms with van der Waals surface area (Å²) >= 11 is 0. The van der Waals surface area contributed by atoms with Crippen LogP contribution in [0.1, 0.15) is 31.2 Å². The summed E-state index contributed by atoms with van der Waals surface area (Å²) in [5.74, 6) is 2.45. The van der Waals surface area contributed by atoms with E-state index in [1.165, 1.54) is 0 Å². The Morgan fingerprint density at radius 1 is 1.05 bits per heavy atom. The fourth-order valence-electron chi connectivity index (χ4n) is 4.91. The highest BCUT2D eigenvalue weighted by Gasteiger charge is 2.31. The largest absolute Gasteiger partial charge is 0.494 e. The van der Waals surface area contributed by atoms with E-state index in [1.807, 2.05) is 24.3 Å². The highest BCUT2D eigenvalue weighted by molar-refractivity contribution is 7.89. The second-order valence-corrected chi connectivity index (χ2v) is 11.7. The van der Waals surface area contributed by atoms with Gasteiger partial charge in [0.25, 0.3) is 0 Å². The Hall–Kier alpha value is -3.61. The van der Waals surface area contributed by atoms with E-state index < -0.39 is 10.0 Å². The summed E-state index contributed by atoms with van der Waals surface area (Å²) < 4.78 is 40.1. The van der Waals surface area contributed by atoms with Crippen LogP contribution in [-0.2, 0) is 14.8 Å². The Morgan fingerprint density at radius 3 is 2.62 bits per heavy atom. The quantitative estimate of drug-likeness (QED) is 0.312. The number of benzene rings is 2. The lowest BCUT2D eigenvalue weighted by molar-refractivity contribution is 0.122. The number of fused-ring (bicyclic) bond motifs is 1. The summed E-state index contributed by atoms with van der Waals surface area (Å²) in [4.78, 5) is 12.0. The van der Waals surface area contributed by atoms with Crippen molar-refractivity contribution in [2.24, 2.45) is 0 Å². The number of anilines is 6. The molecule has 0 bridgehead atoms. The Bertz CT molecular complexity index is 1470. The average Bonchev–Trinajstić information content (AvgIpc) is 3.67. The van der Waals surface area contributed by atoms with Crippen LogP contribution in [0.4, 0.5) is 34.6 Å². The lowest BCUT2D eigenvalue weighted by atomic mass is 10.1. The summed E-state index contributed by atoms with van der Waals surface area (Å²) in [5, 5.41) is 9.96. The number of methoxy groups -OCH3 is 1. The zero-order valence-electron chi connectivity index (χ0n) is 22.0. The number of sulfonamides is 1.